The third-order valence-corrected chi connectivity index (χ3v) is 5.69. The Bertz CT molecular complexity index is 1430. The second-order valence-electron chi connectivity index (χ2n) is 7.57. The van der Waals surface area contributed by atoms with E-state index in [0.29, 0.717) is 32.6 Å². The molecule has 0 atom stereocenters. The molecule has 2 heterocycles. The number of anilines is 1. The number of carboxylic acids is 1. The quantitative estimate of drug-likeness (QED) is 0.427. The molecular formula is C24H17ClFN3O5. The number of aromatic carboxylic acids is 1. The van der Waals surface area contributed by atoms with Crippen molar-refractivity contribution in [3.05, 3.63) is 87.5 Å². The van der Waals surface area contributed by atoms with Crippen molar-refractivity contribution in [2.24, 2.45) is 0 Å². The van der Waals surface area contributed by atoms with Crippen LogP contribution >= 0.6 is 11.6 Å². The molecule has 10 heteroatoms. The van der Waals surface area contributed by atoms with Crippen molar-refractivity contribution in [3.63, 3.8) is 0 Å². The fourth-order valence-electron chi connectivity index (χ4n) is 3.78. The van der Waals surface area contributed by atoms with Gasteiger partial charge in [0.15, 0.2) is 0 Å². The second kappa shape index (κ2) is 8.60. The normalized spacial score (nSPS) is 15.1. The van der Waals surface area contributed by atoms with Gasteiger partial charge in [-0.2, -0.15) is 0 Å². The van der Waals surface area contributed by atoms with Gasteiger partial charge in [0.05, 0.1) is 22.0 Å². The smallest absolute Gasteiger partial charge is 0.335 e. The molecule has 4 amide bonds. The molecule has 8 nitrogen and oxygen atoms in total. The summed E-state index contributed by atoms with van der Waals surface area (Å²) in [6, 6.07) is 9.86. The monoisotopic (exact) mass is 481 g/mol. The highest BCUT2D eigenvalue weighted by Gasteiger charge is 2.37. The van der Waals surface area contributed by atoms with Gasteiger partial charge in [-0.3, -0.25) is 14.9 Å². The van der Waals surface area contributed by atoms with E-state index in [1.54, 1.807) is 24.5 Å². The van der Waals surface area contributed by atoms with E-state index < -0.39 is 29.6 Å². The molecule has 0 spiro atoms. The molecule has 34 heavy (non-hydrogen) atoms. The van der Waals surface area contributed by atoms with Gasteiger partial charge >= 0.3 is 12.0 Å². The van der Waals surface area contributed by atoms with Crippen molar-refractivity contribution in [2.75, 3.05) is 4.90 Å². The summed E-state index contributed by atoms with van der Waals surface area (Å²) < 4.78 is 15.4. The van der Waals surface area contributed by atoms with Gasteiger partial charge in [-0.1, -0.05) is 17.7 Å². The number of rotatable bonds is 4. The average molecular weight is 482 g/mol. The molecule has 2 aromatic carbocycles. The summed E-state index contributed by atoms with van der Waals surface area (Å²) in [4.78, 5) is 50.0. The van der Waals surface area contributed by atoms with Gasteiger partial charge < -0.3 is 9.67 Å². The van der Waals surface area contributed by atoms with E-state index in [1.165, 1.54) is 36.4 Å². The van der Waals surface area contributed by atoms with E-state index in [1.807, 2.05) is 0 Å². The summed E-state index contributed by atoms with van der Waals surface area (Å²) in [5.74, 6) is -3.56. The largest absolute Gasteiger partial charge is 0.478 e. The van der Waals surface area contributed by atoms with Crippen molar-refractivity contribution in [2.45, 2.75) is 13.8 Å². The van der Waals surface area contributed by atoms with Crippen molar-refractivity contribution in [3.8, 4) is 5.69 Å². The van der Waals surface area contributed by atoms with Gasteiger partial charge in [0.25, 0.3) is 11.8 Å². The van der Waals surface area contributed by atoms with Crippen LogP contribution in [0.2, 0.25) is 5.02 Å². The summed E-state index contributed by atoms with van der Waals surface area (Å²) in [6.07, 6.45) is 1.32. The first-order valence-electron chi connectivity index (χ1n) is 9.97. The van der Waals surface area contributed by atoms with E-state index in [9.17, 15) is 28.7 Å². The van der Waals surface area contributed by atoms with Crippen LogP contribution in [0.5, 0.6) is 0 Å². The minimum absolute atomic E-state index is 0.0244. The Morgan fingerprint density at radius 3 is 2.50 bits per heavy atom. The number of nitrogens with one attached hydrogen (secondary N) is 1. The summed E-state index contributed by atoms with van der Waals surface area (Å²) >= 11 is 6.32. The Kier molecular flexibility index (Phi) is 5.80. The lowest BCUT2D eigenvalue weighted by Crippen LogP contribution is -2.54. The SMILES string of the molecule is Cc1cc(/C=C2\C(=O)NC(=O)N(c3cccc(F)c3)C2=O)c(C)n1-c1cc(C(=O)O)ccc1Cl. The number of amides is 4. The summed E-state index contributed by atoms with van der Waals surface area (Å²) in [5, 5.41) is 11.7. The molecule has 3 aromatic rings. The van der Waals surface area contributed by atoms with Crippen LogP contribution in [0.4, 0.5) is 14.9 Å². The number of urea groups is 1. The highest BCUT2D eigenvalue weighted by atomic mass is 35.5. The van der Waals surface area contributed by atoms with Crippen LogP contribution in [0.25, 0.3) is 11.8 Å². The van der Waals surface area contributed by atoms with Crippen molar-refractivity contribution in [1.29, 1.82) is 0 Å². The fourth-order valence-corrected chi connectivity index (χ4v) is 3.99. The molecule has 0 saturated carbocycles. The number of benzene rings is 2. The lowest BCUT2D eigenvalue weighted by atomic mass is 10.1. The molecular weight excluding hydrogens is 465 g/mol. The molecule has 0 bridgehead atoms. The lowest BCUT2D eigenvalue weighted by Gasteiger charge is -2.26. The van der Waals surface area contributed by atoms with Gasteiger partial charge in [-0.05, 0) is 68.0 Å². The van der Waals surface area contributed by atoms with Crippen molar-refractivity contribution in [1.82, 2.24) is 9.88 Å². The second-order valence-corrected chi connectivity index (χ2v) is 7.98. The number of imide groups is 2. The van der Waals surface area contributed by atoms with Crippen LogP contribution in [0.3, 0.4) is 0 Å². The first kappa shape index (κ1) is 22.9. The number of carboxylic acid groups (broad SMARTS) is 1. The zero-order valence-electron chi connectivity index (χ0n) is 17.9. The van der Waals surface area contributed by atoms with E-state index in [0.717, 1.165) is 12.1 Å². The average Bonchev–Trinajstić information content (AvgIpc) is 3.04. The summed E-state index contributed by atoms with van der Waals surface area (Å²) in [6.45, 7) is 3.47. The Morgan fingerprint density at radius 1 is 1.09 bits per heavy atom. The van der Waals surface area contributed by atoms with Gasteiger partial charge in [-0.25, -0.2) is 18.9 Å². The van der Waals surface area contributed by atoms with Crippen LogP contribution in [-0.2, 0) is 9.59 Å². The molecule has 1 aliphatic heterocycles. The standard InChI is InChI=1S/C24H17ClFN3O5/c1-12-8-15(13(2)28(12)20-10-14(23(32)33)6-7-19(20)25)9-18-21(30)27-24(34)29(22(18)31)17-5-3-4-16(26)11-17/h3-11H,1-2H3,(H,32,33)(H,27,30,34)/b18-9+. The molecule has 1 saturated heterocycles. The number of carbonyl (C=O) groups is 4. The number of hydrogen-bond acceptors (Lipinski definition) is 4. The maximum absolute atomic E-state index is 13.7. The van der Waals surface area contributed by atoms with Gasteiger partial charge in [-0.15, -0.1) is 0 Å². The maximum atomic E-state index is 13.7. The van der Waals surface area contributed by atoms with Crippen LogP contribution in [0.15, 0.2) is 54.1 Å². The molecule has 0 radical (unpaired) electrons. The Balaban J connectivity index is 1.80. The van der Waals surface area contributed by atoms with E-state index in [2.05, 4.69) is 5.32 Å². The predicted octanol–water partition coefficient (Wildman–Crippen LogP) is 4.25. The topological polar surface area (TPSA) is 109 Å². The Hall–Kier alpha value is -4.24. The molecule has 1 fully saturated rings. The number of aromatic nitrogens is 1. The highest BCUT2D eigenvalue weighted by molar-refractivity contribution is 6.39. The molecule has 4 rings (SSSR count). The number of halogens is 2. The van der Waals surface area contributed by atoms with Gasteiger partial charge in [0.1, 0.15) is 11.4 Å². The summed E-state index contributed by atoms with van der Waals surface area (Å²) in [5.41, 5.74) is 1.81. The third-order valence-electron chi connectivity index (χ3n) is 5.37. The molecule has 0 unspecified atom stereocenters. The minimum Gasteiger partial charge on any atom is -0.478 e. The van der Waals surface area contributed by atoms with Crippen LogP contribution < -0.4 is 10.2 Å². The molecule has 2 N–H and O–H groups in total. The van der Waals surface area contributed by atoms with Crippen LogP contribution in [0.1, 0.15) is 27.3 Å². The van der Waals surface area contributed by atoms with Crippen LogP contribution in [0, 0.1) is 19.7 Å². The van der Waals surface area contributed by atoms with Crippen LogP contribution in [-0.4, -0.2) is 33.5 Å². The molecule has 172 valence electrons. The third kappa shape index (κ3) is 3.97. The number of aryl methyl sites for hydroxylation is 1. The Morgan fingerprint density at radius 2 is 1.82 bits per heavy atom. The number of barbiturate groups is 1. The fraction of sp³-hybridized carbons (Fsp3) is 0.0833. The maximum Gasteiger partial charge on any atom is 0.335 e. The van der Waals surface area contributed by atoms with E-state index in [4.69, 9.17) is 11.6 Å². The Labute approximate surface area is 197 Å². The van der Waals surface area contributed by atoms with Gasteiger partial charge in [0, 0.05) is 11.4 Å². The van der Waals surface area contributed by atoms with Gasteiger partial charge in [0.2, 0.25) is 0 Å². The zero-order valence-corrected chi connectivity index (χ0v) is 18.7. The summed E-state index contributed by atoms with van der Waals surface area (Å²) in [7, 11) is 0. The minimum atomic E-state index is -1.12. The van der Waals surface area contributed by atoms with E-state index in [-0.39, 0.29) is 16.8 Å². The van der Waals surface area contributed by atoms with Crippen molar-refractivity contribution < 1.29 is 28.7 Å². The molecule has 1 aromatic heterocycles. The zero-order chi connectivity index (χ0) is 24.7. The molecule has 0 aliphatic carbocycles. The van der Waals surface area contributed by atoms with Crippen molar-refractivity contribution >= 4 is 47.2 Å². The first-order valence-corrected chi connectivity index (χ1v) is 10.4. The predicted molar refractivity (Wildman–Crippen MR) is 123 cm³/mol. The molecule has 1 aliphatic rings. The number of nitrogens with zero attached hydrogens (tertiary/aromatic N) is 2. The lowest BCUT2D eigenvalue weighted by molar-refractivity contribution is -0.122. The number of carbonyl (C=O) groups excluding carboxylic acids is 3. The first-order chi connectivity index (χ1) is 16.1. The highest BCUT2D eigenvalue weighted by Crippen LogP contribution is 2.30. The van der Waals surface area contributed by atoms with E-state index >= 15 is 0 Å². The number of hydrogen-bond donors (Lipinski definition) is 2.